The zero-order chi connectivity index (χ0) is 60.2. The highest BCUT2D eigenvalue weighted by molar-refractivity contribution is 7.99. The SMILES string of the molecule is CCCCCCCCCCCCCCCC(=O)OCC(COC(C)=O)(COC(=O)CCCCCCCCCCCCCCC)C(=O)OCCCSCCCOC(=O)CN(CCN(CCN(CC(=O)O)CC(=O)O)CC(=O)O)CC(=O)O. The van der Waals surface area contributed by atoms with Crippen molar-refractivity contribution in [2.75, 3.05) is 103 Å². The molecule has 0 aromatic rings. The minimum atomic E-state index is -1.80. The summed E-state index contributed by atoms with van der Waals surface area (Å²) in [6.45, 7) is 1.19. The van der Waals surface area contributed by atoms with Crippen molar-refractivity contribution in [3.8, 4) is 0 Å². The normalized spacial score (nSPS) is 11.5. The van der Waals surface area contributed by atoms with Crippen molar-refractivity contribution in [1.82, 2.24) is 14.7 Å². The van der Waals surface area contributed by atoms with Crippen molar-refractivity contribution in [3.05, 3.63) is 0 Å². The van der Waals surface area contributed by atoms with Gasteiger partial charge in [0.1, 0.15) is 19.8 Å². The van der Waals surface area contributed by atoms with Gasteiger partial charge in [-0.2, -0.15) is 11.8 Å². The molecule has 0 aliphatic carbocycles. The predicted octanol–water partition coefficient (Wildman–Crippen LogP) is 9.43. The van der Waals surface area contributed by atoms with E-state index in [-0.39, 0.29) is 52.2 Å². The van der Waals surface area contributed by atoms with Gasteiger partial charge in [-0.25, -0.2) is 0 Å². The molecule has 0 atom stereocenters. The van der Waals surface area contributed by atoms with Gasteiger partial charge in [0.2, 0.25) is 0 Å². The molecule has 0 saturated carbocycles. The molecule has 470 valence electrons. The van der Waals surface area contributed by atoms with Crippen LogP contribution >= 0.6 is 11.8 Å². The van der Waals surface area contributed by atoms with Crippen molar-refractivity contribution in [2.24, 2.45) is 5.41 Å². The van der Waals surface area contributed by atoms with Gasteiger partial charge in [-0.1, -0.05) is 168 Å². The van der Waals surface area contributed by atoms with Gasteiger partial charge in [-0.15, -0.1) is 0 Å². The average molecular weight is 1180 g/mol. The molecule has 0 aliphatic rings. The number of hydrogen-bond acceptors (Lipinski definition) is 18. The van der Waals surface area contributed by atoms with E-state index in [0.717, 1.165) is 43.4 Å². The van der Waals surface area contributed by atoms with Crippen molar-refractivity contribution >= 4 is 65.5 Å². The number of carboxylic acid groups (broad SMARTS) is 4. The molecule has 0 aromatic carbocycles. The fraction of sp³-hybridized carbons (Fsp3) is 0.847. The van der Waals surface area contributed by atoms with Crippen LogP contribution in [0.2, 0.25) is 0 Å². The maximum Gasteiger partial charge on any atom is 0.322 e. The van der Waals surface area contributed by atoms with Gasteiger partial charge < -0.3 is 44.1 Å². The maximum atomic E-state index is 13.9. The Morgan fingerprint density at radius 2 is 0.667 bits per heavy atom. The molecule has 4 N–H and O–H groups in total. The van der Waals surface area contributed by atoms with Crippen molar-refractivity contribution in [1.29, 1.82) is 0 Å². The first-order chi connectivity index (χ1) is 38.9. The lowest BCUT2D eigenvalue weighted by Crippen LogP contribution is -2.47. The number of carboxylic acids is 4. The molecule has 0 radical (unpaired) electrons. The lowest BCUT2D eigenvalue weighted by Gasteiger charge is -2.30. The number of ether oxygens (including phenoxy) is 5. The first-order valence-corrected chi connectivity index (χ1v) is 31.5. The molecule has 22 heteroatoms. The van der Waals surface area contributed by atoms with Gasteiger partial charge >= 0.3 is 53.7 Å². The second-order valence-electron chi connectivity index (χ2n) is 21.3. The number of esters is 5. The second kappa shape index (κ2) is 52.3. The number of carbonyl (C=O) groups excluding carboxylic acids is 5. The Labute approximate surface area is 488 Å². The van der Waals surface area contributed by atoms with Crippen LogP contribution in [0.4, 0.5) is 0 Å². The Hall–Kier alpha value is -4.54. The van der Waals surface area contributed by atoms with Crippen LogP contribution in [-0.4, -0.2) is 192 Å². The van der Waals surface area contributed by atoms with Crippen LogP contribution in [0.5, 0.6) is 0 Å². The summed E-state index contributed by atoms with van der Waals surface area (Å²) in [6, 6.07) is 0. The molecule has 0 amide bonds. The smallest absolute Gasteiger partial charge is 0.322 e. The van der Waals surface area contributed by atoms with Gasteiger partial charge in [0, 0.05) is 45.9 Å². The molecule has 0 fully saturated rings. The second-order valence-corrected chi connectivity index (χ2v) is 22.5. The van der Waals surface area contributed by atoms with E-state index in [4.69, 9.17) is 33.9 Å². The molecule has 0 rings (SSSR count). The Morgan fingerprint density at radius 1 is 0.358 bits per heavy atom. The molecule has 0 heterocycles. The van der Waals surface area contributed by atoms with E-state index in [1.165, 1.54) is 144 Å². The van der Waals surface area contributed by atoms with Gasteiger partial charge in [0.25, 0.3) is 0 Å². The Kier molecular flexibility index (Phi) is 49.3. The number of hydrogen-bond donors (Lipinski definition) is 4. The van der Waals surface area contributed by atoms with Crippen LogP contribution in [0.1, 0.15) is 213 Å². The fourth-order valence-corrected chi connectivity index (χ4v) is 9.73. The fourth-order valence-electron chi connectivity index (χ4n) is 8.88. The maximum absolute atomic E-state index is 13.9. The summed E-state index contributed by atoms with van der Waals surface area (Å²) in [6.07, 6.45) is 31.1. The molecular formula is C59H105N3O18S. The molecular weight excluding hydrogens is 1070 g/mol. The highest BCUT2D eigenvalue weighted by atomic mass is 32.2. The van der Waals surface area contributed by atoms with Crippen LogP contribution in [0.15, 0.2) is 0 Å². The Balaban J connectivity index is 5.27. The summed E-state index contributed by atoms with van der Waals surface area (Å²) < 4.78 is 27.6. The minimum Gasteiger partial charge on any atom is -0.480 e. The standard InChI is InChI=1S/C59H105N3O18S/c1-4-6-8-10-12-14-16-18-20-22-24-26-28-32-55(72)79-48-59(47-78-50(3)63,49-80-56(73)33-29-27-25-23-21-19-17-15-13-11-9-7-5-2)58(75)77-39-31-41-81-40-30-38-76-57(74)46-62(45-54(70)71)37-35-60(42-51(64)65)34-36-61(43-52(66)67)44-53(68)69/h4-49H2,1-3H3,(H,64,65)(H,66,67)(H,68,69)(H,70,71). The third-order valence-electron chi connectivity index (χ3n) is 13.6. The van der Waals surface area contributed by atoms with E-state index in [2.05, 4.69) is 13.8 Å². The molecule has 0 unspecified atom stereocenters. The van der Waals surface area contributed by atoms with Crippen molar-refractivity contribution < 1.29 is 87.3 Å². The van der Waals surface area contributed by atoms with Crippen LogP contribution in [0.3, 0.4) is 0 Å². The Bertz CT molecular complexity index is 1660. The third-order valence-corrected chi connectivity index (χ3v) is 14.7. The van der Waals surface area contributed by atoms with E-state index in [1.807, 2.05) is 0 Å². The van der Waals surface area contributed by atoms with Gasteiger partial charge in [0.15, 0.2) is 5.41 Å². The first kappa shape index (κ1) is 76.5. The Morgan fingerprint density at radius 3 is 1.02 bits per heavy atom. The van der Waals surface area contributed by atoms with Crippen LogP contribution in [0, 0.1) is 5.41 Å². The van der Waals surface area contributed by atoms with Crippen LogP contribution < -0.4 is 0 Å². The third kappa shape index (κ3) is 48.7. The topological polar surface area (TPSA) is 290 Å². The molecule has 0 spiro atoms. The quantitative estimate of drug-likeness (QED) is 0.0250. The first-order valence-electron chi connectivity index (χ1n) is 30.3. The highest BCUT2D eigenvalue weighted by Crippen LogP contribution is 2.25. The van der Waals surface area contributed by atoms with Crippen molar-refractivity contribution in [3.63, 3.8) is 0 Å². The summed E-state index contributed by atoms with van der Waals surface area (Å²) in [5.74, 6) is -7.17. The monoisotopic (exact) mass is 1180 g/mol. The van der Waals surface area contributed by atoms with E-state index in [1.54, 1.807) is 0 Å². The number of thioether (sulfide) groups is 1. The van der Waals surface area contributed by atoms with Gasteiger partial charge in [-0.05, 0) is 37.2 Å². The van der Waals surface area contributed by atoms with E-state index in [0.29, 0.717) is 37.2 Å². The zero-order valence-electron chi connectivity index (χ0n) is 49.8. The van der Waals surface area contributed by atoms with E-state index < -0.39 is 112 Å². The molecule has 0 bridgehead atoms. The van der Waals surface area contributed by atoms with Gasteiger partial charge in [0.05, 0.1) is 45.9 Å². The number of unbranched alkanes of at least 4 members (excludes halogenated alkanes) is 24. The van der Waals surface area contributed by atoms with Gasteiger partial charge in [-0.3, -0.25) is 57.9 Å². The van der Waals surface area contributed by atoms with E-state index in [9.17, 15) is 53.4 Å². The zero-order valence-corrected chi connectivity index (χ0v) is 50.6. The molecule has 0 aliphatic heterocycles. The lowest BCUT2D eigenvalue weighted by molar-refractivity contribution is -0.179. The molecule has 0 aromatic heterocycles. The summed E-state index contributed by atoms with van der Waals surface area (Å²) >= 11 is 1.50. The van der Waals surface area contributed by atoms with Crippen LogP contribution in [0.25, 0.3) is 0 Å². The predicted molar refractivity (Wildman–Crippen MR) is 310 cm³/mol. The summed E-state index contributed by atoms with van der Waals surface area (Å²) in [7, 11) is 0. The summed E-state index contributed by atoms with van der Waals surface area (Å²) in [5.41, 5.74) is -1.80. The number of rotatable bonds is 59. The summed E-state index contributed by atoms with van der Waals surface area (Å²) in [5, 5.41) is 37.1. The molecule has 21 nitrogen and oxygen atoms in total. The molecule has 81 heavy (non-hydrogen) atoms. The van der Waals surface area contributed by atoms with Crippen LogP contribution in [-0.2, 0) is 66.8 Å². The highest BCUT2D eigenvalue weighted by Gasteiger charge is 2.45. The lowest BCUT2D eigenvalue weighted by atomic mass is 9.91. The molecule has 0 saturated heterocycles. The largest absolute Gasteiger partial charge is 0.480 e. The minimum absolute atomic E-state index is 0.0185. The number of nitrogens with zero attached hydrogens (tertiary/aromatic N) is 3. The number of carbonyl (C=O) groups is 9. The summed E-state index contributed by atoms with van der Waals surface area (Å²) in [4.78, 5) is 114. The average Bonchev–Trinajstić information content (AvgIpc) is 3.42. The van der Waals surface area contributed by atoms with Crippen molar-refractivity contribution in [2.45, 2.75) is 213 Å². The number of aliphatic carboxylic acids is 4. The van der Waals surface area contributed by atoms with E-state index >= 15 is 0 Å².